The zero-order valence-corrected chi connectivity index (χ0v) is 11.2. The molecule has 1 aromatic heterocycles. The molecule has 0 atom stereocenters. The molecule has 1 heterocycles. The molecule has 3 rings (SSSR count). The molecule has 0 unspecified atom stereocenters. The molecule has 0 N–H and O–H groups in total. The van der Waals surface area contributed by atoms with E-state index in [0.29, 0.717) is 5.92 Å². The fourth-order valence-electron chi connectivity index (χ4n) is 3.61. The van der Waals surface area contributed by atoms with Crippen LogP contribution in [0.25, 0.3) is 0 Å². The number of hydrogen-bond acceptors (Lipinski definition) is 3. The average molecular weight is 248 g/mol. The minimum atomic E-state index is 0.623. The van der Waals surface area contributed by atoms with Crippen molar-refractivity contribution in [2.24, 2.45) is 5.92 Å². The van der Waals surface area contributed by atoms with Gasteiger partial charge in [-0.2, -0.15) is 0 Å². The van der Waals surface area contributed by atoms with Crippen LogP contribution >= 0.6 is 0 Å². The molecule has 0 spiro atoms. The third-order valence-corrected chi connectivity index (χ3v) is 4.69. The number of tetrazole rings is 1. The van der Waals surface area contributed by atoms with Gasteiger partial charge < -0.3 is 0 Å². The summed E-state index contributed by atoms with van der Waals surface area (Å²) >= 11 is 0. The van der Waals surface area contributed by atoms with Gasteiger partial charge in [0.25, 0.3) is 0 Å². The molecule has 0 aromatic carbocycles. The third kappa shape index (κ3) is 2.73. The average Bonchev–Trinajstić information content (AvgIpc) is 2.89. The largest absolute Gasteiger partial charge is 0.229 e. The molecule has 1 aromatic rings. The topological polar surface area (TPSA) is 43.6 Å². The second kappa shape index (κ2) is 5.81. The summed E-state index contributed by atoms with van der Waals surface area (Å²) < 4.78 is 2.12. The highest BCUT2D eigenvalue weighted by molar-refractivity contribution is 4.95. The zero-order chi connectivity index (χ0) is 12.2. The quantitative estimate of drug-likeness (QED) is 0.824. The van der Waals surface area contributed by atoms with Gasteiger partial charge in [0.1, 0.15) is 0 Å². The van der Waals surface area contributed by atoms with E-state index in [1.54, 1.807) is 0 Å². The summed E-state index contributed by atoms with van der Waals surface area (Å²) in [4.78, 5) is 0. The second-order valence-electron chi connectivity index (χ2n) is 6.06. The first-order valence-electron chi connectivity index (χ1n) is 7.69. The van der Waals surface area contributed by atoms with E-state index in [1.807, 2.05) is 0 Å². The van der Waals surface area contributed by atoms with Crippen molar-refractivity contribution in [2.45, 2.75) is 76.7 Å². The van der Waals surface area contributed by atoms with Crippen molar-refractivity contribution in [3.63, 3.8) is 0 Å². The monoisotopic (exact) mass is 248 g/mol. The molecule has 2 fully saturated rings. The summed E-state index contributed by atoms with van der Waals surface area (Å²) in [5, 5.41) is 12.5. The highest BCUT2D eigenvalue weighted by atomic mass is 15.5. The Labute approximate surface area is 109 Å². The van der Waals surface area contributed by atoms with E-state index in [-0.39, 0.29) is 0 Å². The van der Waals surface area contributed by atoms with Crippen LogP contribution < -0.4 is 0 Å². The van der Waals surface area contributed by atoms with Gasteiger partial charge in [0, 0.05) is 12.5 Å². The molecule has 0 aliphatic heterocycles. The lowest BCUT2D eigenvalue weighted by Gasteiger charge is -2.24. The first kappa shape index (κ1) is 12.1. The van der Waals surface area contributed by atoms with E-state index in [0.717, 1.165) is 12.5 Å². The lowest BCUT2D eigenvalue weighted by molar-refractivity contribution is 0.294. The van der Waals surface area contributed by atoms with Crippen molar-refractivity contribution >= 4 is 0 Å². The van der Waals surface area contributed by atoms with E-state index in [4.69, 9.17) is 0 Å². The van der Waals surface area contributed by atoms with Crippen molar-refractivity contribution in [1.29, 1.82) is 0 Å². The van der Waals surface area contributed by atoms with Crippen LogP contribution in [-0.4, -0.2) is 20.2 Å². The normalized spacial score (nSPS) is 23.3. The van der Waals surface area contributed by atoms with E-state index in [1.165, 1.54) is 70.0 Å². The highest BCUT2D eigenvalue weighted by Crippen LogP contribution is 2.32. The summed E-state index contributed by atoms with van der Waals surface area (Å²) in [6.07, 6.45) is 13.6. The molecule has 2 saturated carbocycles. The maximum atomic E-state index is 4.31. The van der Waals surface area contributed by atoms with Crippen LogP contribution in [0.2, 0.25) is 0 Å². The molecule has 4 nitrogen and oxygen atoms in total. The van der Waals surface area contributed by atoms with Gasteiger partial charge in [-0.25, -0.2) is 4.68 Å². The smallest absolute Gasteiger partial charge is 0.154 e. The van der Waals surface area contributed by atoms with Gasteiger partial charge in [-0.05, 0) is 42.0 Å². The van der Waals surface area contributed by atoms with Crippen molar-refractivity contribution in [2.75, 3.05) is 0 Å². The molecule has 0 bridgehead atoms. The van der Waals surface area contributed by atoms with E-state index < -0.39 is 0 Å². The lowest BCUT2D eigenvalue weighted by Crippen LogP contribution is -2.19. The molecule has 0 radical (unpaired) electrons. The van der Waals surface area contributed by atoms with Gasteiger partial charge in [-0.3, -0.25) is 0 Å². The second-order valence-corrected chi connectivity index (χ2v) is 6.06. The molecule has 0 amide bonds. The van der Waals surface area contributed by atoms with Crippen molar-refractivity contribution in [1.82, 2.24) is 20.2 Å². The molecule has 100 valence electrons. The van der Waals surface area contributed by atoms with Gasteiger partial charge in [-0.15, -0.1) is 5.10 Å². The Bertz CT molecular complexity index is 362. The number of aromatic nitrogens is 4. The minimum Gasteiger partial charge on any atom is -0.229 e. The predicted molar refractivity (Wildman–Crippen MR) is 70.2 cm³/mol. The molecular weight excluding hydrogens is 224 g/mol. The Morgan fingerprint density at radius 3 is 2.28 bits per heavy atom. The minimum absolute atomic E-state index is 0.623. The molecular formula is C14H24N4. The van der Waals surface area contributed by atoms with Crippen LogP contribution in [0.5, 0.6) is 0 Å². The standard InChI is InChI=1S/C14H24N4/c1-3-7-12(8-4-1)11-18-14(15-16-17-18)13-9-5-2-6-10-13/h12-13H,1-11H2. The maximum absolute atomic E-state index is 4.31. The number of rotatable bonds is 3. The number of hydrogen-bond donors (Lipinski definition) is 0. The van der Waals surface area contributed by atoms with Gasteiger partial charge in [-0.1, -0.05) is 38.5 Å². The Kier molecular flexibility index (Phi) is 3.91. The summed E-state index contributed by atoms with van der Waals surface area (Å²) in [6.45, 7) is 1.05. The Balaban J connectivity index is 1.66. The van der Waals surface area contributed by atoms with Crippen LogP contribution in [0.4, 0.5) is 0 Å². The summed E-state index contributed by atoms with van der Waals surface area (Å²) in [6, 6.07) is 0. The van der Waals surface area contributed by atoms with Crippen molar-refractivity contribution < 1.29 is 0 Å². The van der Waals surface area contributed by atoms with Gasteiger partial charge in [0.2, 0.25) is 0 Å². The highest BCUT2D eigenvalue weighted by Gasteiger charge is 2.23. The fraction of sp³-hybridized carbons (Fsp3) is 0.929. The van der Waals surface area contributed by atoms with E-state index >= 15 is 0 Å². The predicted octanol–water partition coefficient (Wildman–Crippen LogP) is 3.30. The summed E-state index contributed by atoms with van der Waals surface area (Å²) in [5.41, 5.74) is 0. The van der Waals surface area contributed by atoms with Crippen LogP contribution in [0.1, 0.15) is 76.0 Å². The third-order valence-electron chi connectivity index (χ3n) is 4.69. The molecule has 18 heavy (non-hydrogen) atoms. The van der Waals surface area contributed by atoms with Crippen molar-refractivity contribution in [3.8, 4) is 0 Å². The van der Waals surface area contributed by atoms with Gasteiger partial charge in [0.15, 0.2) is 5.82 Å². The van der Waals surface area contributed by atoms with Gasteiger partial charge >= 0.3 is 0 Å². The van der Waals surface area contributed by atoms with Crippen LogP contribution in [0.3, 0.4) is 0 Å². The lowest BCUT2D eigenvalue weighted by atomic mass is 9.87. The van der Waals surface area contributed by atoms with E-state index in [2.05, 4.69) is 20.2 Å². The number of nitrogens with zero attached hydrogens (tertiary/aromatic N) is 4. The molecule has 4 heteroatoms. The Morgan fingerprint density at radius 1 is 0.889 bits per heavy atom. The molecule has 0 saturated heterocycles. The Hall–Kier alpha value is -0.930. The Morgan fingerprint density at radius 2 is 1.56 bits per heavy atom. The first-order valence-corrected chi connectivity index (χ1v) is 7.69. The SMILES string of the molecule is C1CCC(Cn2nnnc2C2CCCCC2)CC1. The zero-order valence-electron chi connectivity index (χ0n) is 11.2. The van der Waals surface area contributed by atoms with Crippen molar-refractivity contribution in [3.05, 3.63) is 5.82 Å². The van der Waals surface area contributed by atoms with Gasteiger partial charge in [0.05, 0.1) is 0 Å². The van der Waals surface area contributed by atoms with E-state index in [9.17, 15) is 0 Å². The summed E-state index contributed by atoms with van der Waals surface area (Å²) in [7, 11) is 0. The van der Waals surface area contributed by atoms with Crippen LogP contribution in [0, 0.1) is 5.92 Å². The molecule has 2 aliphatic rings. The maximum Gasteiger partial charge on any atom is 0.154 e. The van der Waals surface area contributed by atoms with Crippen LogP contribution in [-0.2, 0) is 6.54 Å². The summed E-state index contributed by atoms with van der Waals surface area (Å²) in [5.74, 6) is 2.60. The molecule has 2 aliphatic carbocycles. The fourth-order valence-corrected chi connectivity index (χ4v) is 3.61. The van der Waals surface area contributed by atoms with Crippen LogP contribution in [0.15, 0.2) is 0 Å². The first-order chi connectivity index (χ1) is 8.93.